The molecule has 0 aliphatic rings. The van der Waals surface area contributed by atoms with E-state index >= 15 is 0 Å². The van der Waals surface area contributed by atoms with Gasteiger partial charge in [0.25, 0.3) is 0 Å². The van der Waals surface area contributed by atoms with Crippen molar-refractivity contribution < 1.29 is 0 Å². The third-order valence-corrected chi connectivity index (χ3v) is 3.83. The number of anilines is 2. The molecule has 3 heteroatoms. The van der Waals surface area contributed by atoms with E-state index in [1.807, 2.05) is 43.3 Å². The molecule has 0 spiro atoms. The highest BCUT2D eigenvalue weighted by Gasteiger charge is 2.15. The third-order valence-electron chi connectivity index (χ3n) is 3.59. The molecule has 0 aliphatic heterocycles. The van der Waals surface area contributed by atoms with Crippen LogP contribution in [0.3, 0.4) is 0 Å². The molecular formula is C16H19ClN2. The molecule has 0 radical (unpaired) electrons. The molecule has 0 saturated heterocycles. The largest absolute Gasteiger partial charge is 0.397 e. The number of nitrogens with zero attached hydrogens (tertiary/aromatic N) is 1. The molecule has 0 bridgehead atoms. The Kier molecular flexibility index (Phi) is 4.01. The molecule has 2 nitrogen and oxygen atoms in total. The smallest absolute Gasteiger partial charge is 0.0605 e. The molecule has 100 valence electrons. The summed E-state index contributed by atoms with van der Waals surface area (Å²) >= 11 is 6.05. The highest BCUT2D eigenvalue weighted by Crippen LogP contribution is 2.32. The number of hydrogen-bond donors (Lipinski definition) is 1. The first-order valence-electron chi connectivity index (χ1n) is 6.34. The molecule has 19 heavy (non-hydrogen) atoms. The number of aryl methyl sites for hydroxylation is 1. The predicted molar refractivity (Wildman–Crippen MR) is 83.9 cm³/mol. The van der Waals surface area contributed by atoms with Crippen LogP contribution in [-0.2, 0) is 0 Å². The second-order valence-electron chi connectivity index (χ2n) is 4.85. The Morgan fingerprint density at radius 1 is 1.16 bits per heavy atom. The van der Waals surface area contributed by atoms with Gasteiger partial charge in [0.15, 0.2) is 0 Å². The van der Waals surface area contributed by atoms with Crippen molar-refractivity contribution in [2.75, 3.05) is 17.7 Å². The van der Waals surface area contributed by atoms with Gasteiger partial charge in [-0.15, -0.1) is 0 Å². The average Bonchev–Trinajstić information content (AvgIpc) is 2.40. The molecule has 2 rings (SSSR count). The van der Waals surface area contributed by atoms with E-state index in [2.05, 4.69) is 24.9 Å². The van der Waals surface area contributed by atoms with Gasteiger partial charge in [0, 0.05) is 12.1 Å². The van der Waals surface area contributed by atoms with Gasteiger partial charge in [0.05, 0.1) is 17.4 Å². The fourth-order valence-electron chi connectivity index (χ4n) is 2.17. The van der Waals surface area contributed by atoms with Crippen LogP contribution in [0.2, 0.25) is 5.02 Å². The van der Waals surface area contributed by atoms with Crippen LogP contribution in [0.15, 0.2) is 42.5 Å². The summed E-state index contributed by atoms with van der Waals surface area (Å²) in [6.45, 7) is 4.17. The summed E-state index contributed by atoms with van der Waals surface area (Å²) in [5, 5.41) is 0.759. The van der Waals surface area contributed by atoms with Gasteiger partial charge in [0.2, 0.25) is 0 Å². The Labute approximate surface area is 119 Å². The average molecular weight is 275 g/mol. The van der Waals surface area contributed by atoms with Crippen LogP contribution in [0, 0.1) is 6.92 Å². The zero-order chi connectivity index (χ0) is 14.0. The predicted octanol–water partition coefficient (Wildman–Crippen LogP) is 4.43. The lowest BCUT2D eigenvalue weighted by atomic mass is 10.1. The van der Waals surface area contributed by atoms with Crippen molar-refractivity contribution >= 4 is 23.0 Å². The summed E-state index contributed by atoms with van der Waals surface area (Å²) in [4.78, 5) is 2.17. The van der Waals surface area contributed by atoms with Crippen LogP contribution in [0.1, 0.15) is 24.1 Å². The Morgan fingerprint density at radius 2 is 1.84 bits per heavy atom. The van der Waals surface area contributed by atoms with Crippen molar-refractivity contribution in [1.29, 1.82) is 0 Å². The maximum absolute atomic E-state index is 6.16. The van der Waals surface area contributed by atoms with E-state index in [9.17, 15) is 0 Å². The molecule has 1 atom stereocenters. The Balaban J connectivity index is 2.33. The molecule has 2 aromatic rings. The van der Waals surface area contributed by atoms with Gasteiger partial charge in [-0.25, -0.2) is 0 Å². The minimum atomic E-state index is 0.211. The standard InChI is InChI=1S/C16H19ClN2/c1-11-6-4-9-15(16(11)18)19(3)12(2)13-7-5-8-14(17)10-13/h4-10,12H,18H2,1-3H3. The van der Waals surface area contributed by atoms with E-state index in [0.717, 1.165) is 22.0 Å². The molecule has 0 heterocycles. The summed E-state index contributed by atoms with van der Waals surface area (Å²) in [5.74, 6) is 0. The summed E-state index contributed by atoms with van der Waals surface area (Å²) in [6, 6.07) is 14.2. The summed E-state index contributed by atoms with van der Waals surface area (Å²) in [7, 11) is 2.05. The van der Waals surface area contributed by atoms with Crippen molar-refractivity contribution in [3.05, 3.63) is 58.6 Å². The topological polar surface area (TPSA) is 29.3 Å². The number of nitrogens with two attached hydrogens (primary N) is 1. The maximum Gasteiger partial charge on any atom is 0.0605 e. The van der Waals surface area contributed by atoms with Gasteiger partial charge in [-0.1, -0.05) is 35.9 Å². The van der Waals surface area contributed by atoms with Crippen molar-refractivity contribution in [2.45, 2.75) is 19.9 Å². The number of nitrogen functional groups attached to an aromatic ring is 1. The summed E-state index contributed by atoms with van der Waals surface area (Å²) < 4.78 is 0. The van der Waals surface area contributed by atoms with Crippen LogP contribution in [-0.4, -0.2) is 7.05 Å². The molecule has 2 N–H and O–H groups in total. The molecule has 0 fully saturated rings. The van der Waals surface area contributed by atoms with Crippen LogP contribution in [0.4, 0.5) is 11.4 Å². The monoisotopic (exact) mass is 274 g/mol. The van der Waals surface area contributed by atoms with Gasteiger partial charge in [-0.05, 0) is 43.2 Å². The second-order valence-corrected chi connectivity index (χ2v) is 5.29. The van der Waals surface area contributed by atoms with Crippen molar-refractivity contribution in [1.82, 2.24) is 0 Å². The maximum atomic E-state index is 6.16. The third kappa shape index (κ3) is 2.85. The lowest BCUT2D eigenvalue weighted by Gasteiger charge is -2.29. The summed E-state index contributed by atoms with van der Waals surface area (Å²) in [6.07, 6.45) is 0. The molecular weight excluding hydrogens is 256 g/mol. The first kappa shape index (κ1) is 13.8. The van der Waals surface area contributed by atoms with E-state index in [1.165, 1.54) is 5.56 Å². The quantitative estimate of drug-likeness (QED) is 0.839. The van der Waals surface area contributed by atoms with Gasteiger partial charge in [0.1, 0.15) is 0 Å². The number of benzene rings is 2. The zero-order valence-corrected chi connectivity index (χ0v) is 12.3. The minimum absolute atomic E-state index is 0.211. The highest BCUT2D eigenvalue weighted by atomic mass is 35.5. The van der Waals surface area contributed by atoms with E-state index in [-0.39, 0.29) is 6.04 Å². The van der Waals surface area contributed by atoms with Crippen LogP contribution in [0.5, 0.6) is 0 Å². The molecule has 0 aromatic heterocycles. The number of halogens is 1. The zero-order valence-electron chi connectivity index (χ0n) is 11.5. The first-order valence-corrected chi connectivity index (χ1v) is 6.72. The van der Waals surface area contributed by atoms with Crippen LogP contribution < -0.4 is 10.6 Å². The van der Waals surface area contributed by atoms with E-state index in [0.29, 0.717) is 0 Å². The Hall–Kier alpha value is -1.67. The van der Waals surface area contributed by atoms with Gasteiger partial charge >= 0.3 is 0 Å². The lowest BCUT2D eigenvalue weighted by molar-refractivity contribution is 0.740. The molecule has 0 aliphatic carbocycles. The van der Waals surface area contributed by atoms with Gasteiger partial charge in [-0.2, -0.15) is 0 Å². The van der Waals surface area contributed by atoms with Gasteiger partial charge in [-0.3, -0.25) is 0 Å². The van der Waals surface area contributed by atoms with Crippen molar-refractivity contribution in [2.24, 2.45) is 0 Å². The SMILES string of the molecule is Cc1cccc(N(C)C(C)c2cccc(Cl)c2)c1N. The van der Waals surface area contributed by atoms with E-state index in [4.69, 9.17) is 17.3 Å². The number of para-hydroxylation sites is 1. The molecule has 1 unspecified atom stereocenters. The van der Waals surface area contributed by atoms with Crippen molar-refractivity contribution in [3.63, 3.8) is 0 Å². The highest BCUT2D eigenvalue weighted by molar-refractivity contribution is 6.30. The lowest BCUT2D eigenvalue weighted by Crippen LogP contribution is -2.22. The second kappa shape index (κ2) is 5.54. The minimum Gasteiger partial charge on any atom is -0.397 e. The van der Waals surface area contributed by atoms with E-state index in [1.54, 1.807) is 0 Å². The molecule has 0 amide bonds. The normalized spacial score (nSPS) is 12.2. The fraction of sp³-hybridized carbons (Fsp3) is 0.250. The molecule has 2 aromatic carbocycles. The number of rotatable bonds is 3. The summed E-state index contributed by atoms with van der Waals surface area (Å²) in [5.41, 5.74) is 10.3. The Morgan fingerprint density at radius 3 is 2.53 bits per heavy atom. The van der Waals surface area contributed by atoms with Crippen molar-refractivity contribution in [3.8, 4) is 0 Å². The van der Waals surface area contributed by atoms with Crippen LogP contribution in [0.25, 0.3) is 0 Å². The first-order chi connectivity index (χ1) is 9.00. The van der Waals surface area contributed by atoms with Gasteiger partial charge < -0.3 is 10.6 Å². The van der Waals surface area contributed by atoms with Crippen LogP contribution >= 0.6 is 11.6 Å². The number of hydrogen-bond acceptors (Lipinski definition) is 2. The van der Waals surface area contributed by atoms with E-state index < -0.39 is 0 Å². The fourth-order valence-corrected chi connectivity index (χ4v) is 2.37. The Bertz CT molecular complexity index is 581. The molecule has 0 saturated carbocycles.